The third kappa shape index (κ3) is 5.27. The number of benzene rings is 2. The van der Waals surface area contributed by atoms with E-state index in [1.807, 2.05) is 24.9 Å². The summed E-state index contributed by atoms with van der Waals surface area (Å²) in [6.45, 7) is 2.46. The number of nitrogens with one attached hydrogen (secondary N) is 1. The lowest BCUT2D eigenvalue weighted by molar-refractivity contribution is -0.384. The normalized spacial score (nSPS) is 12.0. The van der Waals surface area contributed by atoms with Gasteiger partial charge in [-0.2, -0.15) is 0 Å². The highest BCUT2D eigenvalue weighted by molar-refractivity contribution is 6.33. The van der Waals surface area contributed by atoms with E-state index in [0.717, 1.165) is 5.56 Å². The van der Waals surface area contributed by atoms with Gasteiger partial charge in [-0.05, 0) is 31.7 Å². The summed E-state index contributed by atoms with van der Waals surface area (Å²) in [6, 6.07) is 13.6. The van der Waals surface area contributed by atoms with Gasteiger partial charge in [0.05, 0.1) is 15.6 Å². The van der Waals surface area contributed by atoms with Crippen LogP contribution >= 0.6 is 11.6 Å². The van der Waals surface area contributed by atoms with Gasteiger partial charge in [-0.1, -0.05) is 35.9 Å². The summed E-state index contributed by atoms with van der Waals surface area (Å²) >= 11 is 6.02. The molecular formula is C18H20ClN3O3. The first kappa shape index (κ1) is 18.9. The number of non-ortho nitro benzene ring substituents is 1. The summed E-state index contributed by atoms with van der Waals surface area (Å²) in [7, 11) is 1.88. The molecule has 0 bridgehead atoms. The Morgan fingerprint density at radius 2 is 2.00 bits per heavy atom. The van der Waals surface area contributed by atoms with Gasteiger partial charge in [0.2, 0.25) is 5.91 Å². The monoisotopic (exact) mass is 361 g/mol. The van der Waals surface area contributed by atoms with Crippen molar-refractivity contribution in [2.75, 3.05) is 18.9 Å². The molecule has 1 atom stereocenters. The van der Waals surface area contributed by atoms with Crippen LogP contribution in [0.5, 0.6) is 0 Å². The Morgan fingerprint density at radius 1 is 1.28 bits per heavy atom. The van der Waals surface area contributed by atoms with Crippen LogP contribution in [0.4, 0.5) is 11.4 Å². The van der Waals surface area contributed by atoms with Crippen LogP contribution in [0.1, 0.15) is 24.9 Å². The zero-order valence-corrected chi connectivity index (χ0v) is 14.9. The third-order valence-electron chi connectivity index (χ3n) is 4.06. The molecule has 6 nitrogen and oxygen atoms in total. The van der Waals surface area contributed by atoms with Crippen molar-refractivity contribution in [3.63, 3.8) is 0 Å². The lowest BCUT2D eigenvalue weighted by Gasteiger charge is -2.24. The van der Waals surface area contributed by atoms with Gasteiger partial charge in [0, 0.05) is 31.1 Å². The fraction of sp³-hybridized carbons (Fsp3) is 0.278. The molecule has 0 spiro atoms. The van der Waals surface area contributed by atoms with E-state index in [2.05, 4.69) is 5.32 Å². The fourth-order valence-electron chi connectivity index (χ4n) is 2.40. The number of rotatable bonds is 7. The van der Waals surface area contributed by atoms with E-state index >= 15 is 0 Å². The molecule has 0 aliphatic heterocycles. The minimum atomic E-state index is -0.409. The molecule has 0 saturated carbocycles. The van der Waals surface area contributed by atoms with Crippen LogP contribution in [0, 0.1) is 10.1 Å². The smallest absolute Gasteiger partial charge is 0.269 e. The molecule has 1 unspecified atom stereocenters. The molecule has 0 fully saturated rings. The Bertz CT molecular complexity index is 767. The first-order valence-corrected chi connectivity index (χ1v) is 8.25. The number of nitro benzene ring substituents is 1. The maximum Gasteiger partial charge on any atom is 0.269 e. The van der Waals surface area contributed by atoms with Crippen molar-refractivity contribution in [3.8, 4) is 0 Å². The summed E-state index contributed by atoms with van der Waals surface area (Å²) in [4.78, 5) is 24.5. The predicted molar refractivity (Wildman–Crippen MR) is 98.8 cm³/mol. The second-order valence-electron chi connectivity index (χ2n) is 5.79. The third-order valence-corrected chi connectivity index (χ3v) is 4.39. The Kier molecular flexibility index (Phi) is 6.50. The minimum Gasteiger partial charge on any atom is -0.325 e. The van der Waals surface area contributed by atoms with Gasteiger partial charge in [0.1, 0.15) is 0 Å². The number of hydrogen-bond donors (Lipinski definition) is 1. The fourth-order valence-corrected chi connectivity index (χ4v) is 2.58. The van der Waals surface area contributed by atoms with Crippen molar-refractivity contribution in [3.05, 3.63) is 69.2 Å². The molecular weight excluding hydrogens is 342 g/mol. The van der Waals surface area contributed by atoms with Gasteiger partial charge in [-0.25, -0.2) is 0 Å². The van der Waals surface area contributed by atoms with Gasteiger partial charge in [0.25, 0.3) is 5.69 Å². The van der Waals surface area contributed by atoms with Crippen LogP contribution in [0.15, 0.2) is 48.5 Å². The van der Waals surface area contributed by atoms with Gasteiger partial charge < -0.3 is 5.32 Å². The highest BCUT2D eigenvalue weighted by Crippen LogP contribution is 2.23. The molecule has 2 rings (SSSR count). The summed E-state index contributed by atoms with van der Waals surface area (Å²) in [5.74, 6) is -0.133. The van der Waals surface area contributed by atoms with E-state index in [0.29, 0.717) is 23.7 Å². The van der Waals surface area contributed by atoms with E-state index < -0.39 is 4.92 Å². The Balaban J connectivity index is 1.92. The Hall–Kier alpha value is -2.44. The molecule has 0 aromatic heterocycles. The van der Waals surface area contributed by atoms with Gasteiger partial charge in [-0.3, -0.25) is 19.8 Å². The molecule has 0 saturated heterocycles. The van der Waals surface area contributed by atoms with E-state index in [1.165, 1.54) is 6.07 Å². The first-order chi connectivity index (χ1) is 11.9. The van der Waals surface area contributed by atoms with E-state index in [1.54, 1.807) is 36.4 Å². The molecule has 2 aromatic carbocycles. The molecule has 132 valence electrons. The molecule has 0 aliphatic rings. The van der Waals surface area contributed by atoms with Crippen LogP contribution < -0.4 is 5.32 Å². The topological polar surface area (TPSA) is 75.5 Å². The molecule has 0 heterocycles. The average molecular weight is 362 g/mol. The SMILES string of the molecule is CC(c1cccc([N+](=O)[O-])c1)N(C)CCC(=O)Nc1ccccc1Cl. The molecule has 1 amide bonds. The number of anilines is 1. The van der Waals surface area contributed by atoms with Crippen molar-refractivity contribution in [1.29, 1.82) is 0 Å². The quantitative estimate of drug-likeness (QED) is 0.590. The molecule has 1 N–H and O–H groups in total. The van der Waals surface area contributed by atoms with Crippen LogP contribution in [0.25, 0.3) is 0 Å². The number of nitrogens with zero attached hydrogens (tertiary/aromatic N) is 2. The van der Waals surface area contributed by atoms with E-state index in [4.69, 9.17) is 11.6 Å². The highest BCUT2D eigenvalue weighted by Gasteiger charge is 2.16. The lowest BCUT2D eigenvalue weighted by Crippen LogP contribution is -2.27. The van der Waals surface area contributed by atoms with Crippen molar-refractivity contribution >= 4 is 28.9 Å². The van der Waals surface area contributed by atoms with Crippen LogP contribution in [-0.2, 0) is 4.79 Å². The number of carbonyl (C=O) groups is 1. The van der Waals surface area contributed by atoms with Crippen molar-refractivity contribution < 1.29 is 9.72 Å². The van der Waals surface area contributed by atoms with Gasteiger partial charge in [-0.15, -0.1) is 0 Å². The zero-order valence-electron chi connectivity index (χ0n) is 14.1. The second-order valence-corrected chi connectivity index (χ2v) is 6.19. The molecule has 7 heteroatoms. The van der Waals surface area contributed by atoms with Crippen molar-refractivity contribution in [2.24, 2.45) is 0 Å². The Morgan fingerprint density at radius 3 is 2.68 bits per heavy atom. The number of nitro groups is 1. The van der Waals surface area contributed by atoms with Crippen molar-refractivity contribution in [2.45, 2.75) is 19.4 Å². The number of carbonyl (C=O) groups excluding carboxylic acids is 1. The van der Waals surface area contributed by atoms with Crippen LogP contribution in [0.2, 0.25) is 5.02 Å². The largest absolute Gasteiger partial charge is 0.325 e. The second kappa shape index (κ2) is 8.60. The number of amides is 1. The summed E-state index contributed by atoms with van der Waals surface area (Å²) < 4.78 is 0. The van der Waals surface area contributed by atoms with Crippen LogP contribution in [0.3, 0.4) is 0 Å². The molecule has 25 heavy (non-hydrogen) atoms. The van der Waals surface area contributed by atoms with Crippen molar-refractivity contribution in [1.82, 2.24) is 4.90 Å². The number of hydrogen-bond acceptors (Lipinski definition) is 4. The summed E-state index contributed by atoms with van der Waals surface area (Å²) in [5, 5.41) is 14.2. The summed E-state index contributed by atoms with van der Waals surface area (Å²) in [5.41, 5.74) is 1.49. The van der Waals surface area contributed by atoms with E-state index in [-0.39, 0.29) is 17.6 Å². The van der Waals surface area contributed by atoms with Gasteiger partial charge in [0.15, 0.2) is 0 Å². The van der Waals surface area contributed by atoms with Gasteiger partial charge >= 0.3 is 0 Å². The number of halogens is 1. The molecule has 0 aliphatic carbocycles. The maximum atomic E-state index is 12.1. The van der Waals surface area contributed by atoms with E-state index in [9.17, 15) is 14.9 Å². The molecule has 0 radical (unpaired) electrons. The standard InChI is InChI=1S/C18H20ClN3O3/c1-13(14-6-5-7-15(12-14)22(24)25)21(2)11-10-18(23)20-17-9-4-3-8-16(17)19/h3-9,12-13H,10-11H2,1-2H3,(H,20,23). The zero-order chi connectivity index (χ0) is 18.4. The molecule has 2 aromatic rings. The predicted octanol–water partition coefficient (Wildman–Crippen LogP) is 4.27. The first-order valence-electron chi connectivity index (χ1n) is 7.87. The Labute approximate surface area is 151 Å². The van der Waals surface area contributed by atoms with Crippen LogP contribution in [-0.4, -0.2) is 29.3 Å². The lowest BCUT2D eigenvalue weighted by atomic mass is 10.1. The highest BCUT2D eigenvalue weighted by atomic mass is 35.5. The minimum absolute atomic E-state index is 0.0481. The average Bonchev–Trinajstić information content (AvgIpc) is 2.61. The maximum absolute atomic E-state index is 12.1. The summed E-state index contributed by atoms with van der Waals surface area (Å²) in [6.07, 6.45) is 0.293. The number of para-hydroxylation sites is 1.